The van der Waals surface area contributed by atoms with E-state index < -0.39 is 12.0 Å². The number of nitrogens with two attached hydrogens (primary N) is 1. The number of thiazole rings is 1. The number of aromatic nitrogens is 1. The average molecular weight is 229 g/mol. The van der Waals surface area contributed by atoms with Gasteiger partial charge in [-0.2, -0.15) is 0 Å². The first-order valence-corrected chi connectivity index (χ1v) is 5.29. The fraction of sp³-hybridized carbons (Fsp3) is 0.556. The van der Waals surface area contributed by atoms with E-state index in [0.717, 1.165) is 11.4 Å². The Morgan fingerprint density at radius 3 is 2.93 bits per heavy atom. The van der Waals surface area contributed by atoms with Crippen LogP contribution < -0.4 is 5.73 Å². The number of carbonyl (C=O) groups excluding carboxylic acids is 1. The summed E-state index contributed by atoms with van der Waals surface area (Å²) >= 11 is 1.43. The predicted octanol–water partition coefficient (Wildman–Crippen LogP) is 0.377. The minimum absolute atomic E-state index is 0.458. The maximum absolute atomic E-state index is 11.2. The first-order chi connectivity index (χ1) is 7.04. The number of nitrogens with zero attached hydrogens (tertiary/aromatic N) is 2. The molecule has 0 bridgehead atoms. The number of hydrogen-bond donors (Lipinski definition) is 1. The molecular formula is C9H15N3O2S. The van der Waals surface area contributed by atoms with Gasteiger partial charge in [0.1, 0.15) is 5.01 Å². The third kappa shape index (κ3) is 3.26. The fourth-order valence-corrected chi connectivity index (χ4v) is 2.10. The van der Waals surface area contributed by atoms with Gasteiger partial charge < -0.3 is 15.4 Å². The molecule has 1 rings (SSSR count). The van der Waals surface area contributed by atoms with Gasteiger partial charge in [0.15, 0.2) is 6.04 Å². The minimum Gasteiger partial charge on any atom is -0.468 e. The molecule has 0 aliphatic carbocycles. The fourth-order valence-electron chi connectivity index (χ4n) is 1.08. The number of methoxy groups -OCH3 is 1. The molecule has 0 saturated heterocycles. The molecule has 0 fully saturated rings. The van der Waals surface area contributed by atoms with E-state index in [1.807, 2.05) is 19.0 Å². The van der Waals surface area contributed by atoms with E-state index in [-0.39, 0.29) is 0 Å². The molecule has 84 valence electrons. The lowest BCUT2D eigenvalue weighted by Gasteiger charge is -2.06. The first kappa shape index (κ1) is 12.1. The van der Waals surface area contributed by atoms with Crippen molar-refractivity contribution >= 4 is 17.3 Å². The van der Waals surface area contributed by atoms with Gasteiger partial charge in [0.2, 0.25) is 0 Å². The summed E-state index contributed by atoms with van der Waals surface area (Å²) in [5.74, 6) is -0.458. The largest absolute Gasteiger partial charge is 0.468 e. The molecule has 0 aromatic carbocycles. The van der Waals surface area contributed by atoms with Gasteiger partial charge in [-0.05, 0) is 14.1 Å². The molecule has 0 amide bonds. The molecule has 0 spiro atoms. The van der Waals surface area contributed by atoms with Crippen LogP contribution >= 0.6 is 11.3 Å². The Balaban J connectivity index is 2.71. The van der Waals surface area contributed by atoms with Gasteiger partial charge in [0, 0.05) is 17.6 Å². The van der Waals surface area contributed by atoms with Crippen LogP contribution in [0.5, 0.6) is 0 Å². The summed E-state index contributed by atoms with van der Waals surface area (Å²) in [6, 6.07) is -0.768. The quantitative estimate of drug-likeness (QED) is 0.756. The van der Waals surface area contributed by atoms with Gasteiger partial charge in [-0.1, -0.05) is 0 Å². The van der Waals surface area contributed by atoms with E-state index in [1.165, 1.54) is 18.4 Å². The van der Waals surface area contributed by atoms with Crippen LogP contribution in [-0.2, 0) is 16.1 Å². The second-order valence-corrected chi connectivity index (χ2v) is 4.55. The highest BCUT2D eigenvalue weighted by molar-refractivity contribution is 7.11. The van der Waals surface area contributed by atoms with Crippen LogP contribution in [0.2, 0.25) is 0 Å². The van der Waals surface area contributed by atoms with Crippen molar-refractivity contribution in [3.63, 3.8) is 0 Å². The Kier molecular flexibility index (Phi) is 4.19. The molecule has 1 heterocycles. The maximum atomic E-state index is 11.2. The minimum atomic E-state index is -0.768. The van der Waals surface area contributed by atoms with E-state index in [0.29, 0.717) is 5.01 Å². The molecule has 1 aromatic rings. The second kappa shape index (κ2) is 5.20. The van der Waals surface area contributed by atoms with Crippen molar-refractivity contribution in [2.24, 2.45) is 5.73 Å². The predicted molar refractivity (Wildman–Crippen MR) is 58.4 cm³/mol. The van der Waals surface area contributed by atoms with Gasteiger partial charge in [0.25, 0.3) is 0 Å². The summed E-state index contributed by atoms with van der Waals surface area (Å²) in [4.78, 5) is 18.4. The molecule has 6 heteroatoms. The molecule has 1 atom stereocenters. The Bertz CT molecular complexity index is 338. The zero-order valence-corrected chi connectivity index (χ0v) is 9.87. The highest BCUT2D eigenvalue weighted by Crippen LogP contribution is 2.20. The van der Waals surface area contributed by atoms with E-state index in [2.05, 4.69) is 9.72 Å². The summed E-state index contributed by atoms with van der Waals surface area (Å²) in [7, 11) is 5.26. The van der Waals surface area contributed by atoms with Crippen LogP contribution in [0.4, 0.5) is 0 Å². The molecule has 1 unspecified atom stereocenters. The van der Waals surface area contributed by atoms with Crippen LogP contribution in [-0.4, -0.2) is 37.1 Å². The van der Waals surface area contributed by atoms with E-state index >= 15 is 0 Å². The number of rotatable bonds is 4. The summed E-state index contributed by atoms with van der Waals surface area (Å²) < 4.78 is 4.55. The molecule has 0 aliphatic heterocycles. The highest BCUT2D eigenvalue weighted by atomic mass is 32.1. The van der Waals surface area contributed by atoms with Crippen LogP contribution in [0.15, 0.2) is 6.20 Å². The first-order valence-electron chi connectivity index (χ1n) is 4.47. The third-order valence-electron chi connectivity index (χ3n) is 1.76. The Morgan fingerprint density at radius 1 is 1.73 bits per heavy atom. The van der Waals surface area contributed by atoms with Crippen LogP contribution in [0.3, 0.4) is 0 Å². The van der Waals surface area contributed by atoms with Gasteiger partial charge in [-0.25, -0.2) is 9.78 Å². The van der Waals surface area contributed by atoms with E-state index in [4.69, 9.17) is 5.73 Å². The van der Waals surface area contributed by atoms with Crippen molar-refractivity contribution in [2.75, 3.05) is 21.2 Å². The molecule has 15 heavy (non-hydrogen) atoms. The SMILES string of the molecule is COC(=O)C(N)c1ncc(CN(C)C)s1. The van der Waals surface area contributed by atoms with Crippen molar-refractivity contribution < 1.29 is 9.53 Å². The Hall–Kier alpha value is -0.980. The smallest absolute Gasteiger partial charge is 0.329 e. The van der Waals surface area contributed by atoms with Crippen LogP contribution in [0.25, 0.3) is 0 Å². The number of carbonyl (C=O) groups is 1. The monoisotopic (exact) mass is 229 g/mol. The normalized spacial score (nSPS) is 12.9. The molecule has 0 aliphatic rings. The summed E-state index contributed by atoms with van der Waals surface area (Å²) in [5, 5.41) is 0.596. The lowest BCUT2D eigenvalue weighted by Crippen LogP contribution is -2.22. The molecule has 0 saturated carbocycles. The molecular weight excluding hydrogens is 214 g/mol. The zero-order valence-electron chi connectivity index (χ0n) is 9.06. The molecule has 2 N–H and O–H groups in total. The Morgan fingerprint density at radius 2 is 2.40 bits per heavy atom. The van der Waals surface area contributed by atoms with Gasteiger partial charge in [-0.15, -0.1) is 11.3 Å². The zero-order chi connectivity index (χ0) is 11.4. The second-order valence-electron chi connectivity index (χ2n) is 3.40. The molecule has 0 radical (unpaired) electrons. The van der Waals surface area contributed by atoms with E-state index in [9.17, 15) is 4.79 Å². The number of hydrogen-bond acceptors (Lipinski definition) is 6. The number of esters is 1. The maximum Gasteiger partial charge on any atom is 0.329 e. The van der Waals surface area contributed by atoms with Crippen molar-refractivity contribution in [2.45, 2.75) is 12.6 Å². The molecule has 5 nitrogen and oxygen atoms in total. The summed E-state index contributed by atoms with van der Waals surface area (Å²) in [6.07, 6.45) is 1.74. The average Bonchev–Trinajstić information content (AvgIpc) is 2.63. The van der Waals surface area contributed by atoms with Crippen LogP contribution in [0.1, 0.15) is 15.9 Å². The number of ether oxygens (including phenoxy) is 1. The van der Waals surface area contributed by atoms with Gasteiger partial charge in [-0.3, -0.25) is 0 Å². The Labute approximate surface area is 92.9 Å². The van der Waals surface area contributed by atoms with E-state index in [1.54, 1.807) is 6.20 Å². The van der Waals surface area contributed by atoms with Crippen molar-refractivity contribution in [3.05, 3.63) is 16.1 Å². The van der Waals surface area contributed by atoms with Gasteiger partial charge in [0.05, 0.1) is 7.11 Å². The summed E-state index contributed by atoms with van der Waals surface area (Å²) in [6.45, 7) is 0.797. The summed E-state index contributed by atoms with van der Waals surface area (Å²) in [5.41, 5.74) is 5.65. The standard InChI is InChI=1S/C9H15N3O2S/c1-12(2)5-6-4-11-8(15-6)7(10)9(13)14-3/h4,7H,5,10H2,1-3H3. The van der Waals surface area contributed by atoms with Crippen LogP contribution in [0, 0.1) is 0 Å². The van der Waals surface area contributed by atoms with Crippen molar-refractivity contribution in [1.82, 2.24) is 9.88 Å². The van der Waals surface area contributed by atoms with Crippen molar-refractivity contribution in [1.29, 1.82) is 0 Å². The molecule has 1 aromatic heterocycles. The third-order valence-corrected chi connectivity index (χ3v) is 2.83. The lowest BCUT2D eigenvalue weighted by molar-refractivity contribution is -0.142. The highest BCUT2D eigenvalue weighted by Gasteiger charge is 2.19. The topological polar surface area (TPSA) is 68.5 Å². The lowest BCUT2D eigenvalue weighted by atomic mass is 10.3. The van der Waals surface area contributed by atoms with Gasteiger partial charge >= 0.3 is 5.97 Å². The van der Waals surface area contributed by atoms with Crippen molar-refractivity contribution in [3.8, 4) is 0 Å².